The summed E-state index contributed by atoms with van der Waals surface area (Å²) in [7, 11) is 3.80. The molecule has 1 heterocycles. The van der Waals surface area contributed by atoms with Gasteiger partial charge in [-0.3, -0.25) is 0 Å². The molecule has 0 aromatic carbocycles. The number of halogens is 2. The zero-order chi connectivity index (χ0) is 13.0. The van der Waals surface area contributed by atoms with E-state index in [0.717, 1.165) is 6.07 Å². The standard InChI is InChI=1S/C10H17F2N5/c1-6(5-17(2)3)14-9-7(11)4-8(12)10(15-9)16-13/h4,6H,5,13H2,1-3H3,(H2,14,15,16). The third-order valence-electron chi connectivity index (χ3n) is 2.09. The third-order valence-corrected chi connectivity index (χ3v) is 2.09. The lowest BCUT2D eigenvalue weighted by atomic mass is 10.3. The number of likely N-dealkylation sites (N-methyl/N-ethyl adjacent to an activating group) is 1. The van der Waals surface area contributed by atoms with Crippen LogP contribution in [0.25, 0.3) is 0 Å². The molecule has 5 nitrogen and oxygen atoms in total. The van der Waals surface area contributed by atoms with Crippen LogP contribution in [0.1, 0.15) is 6.92 Å². The van der Waals surface area contributed by atoms with Crippen LogP contribution >= 0.6 is 0 Å². The van der Waals surface area contributed by atoms with Crippen LogP contribution in [0.2, 0.25) is 0 Å². The molecular formula is C10H17F2N5. The van der Waals surface area contributed by atoms with Crippen molar-refractivity contribution in [2.24, 2.45) is 5.84 Å². The van der Waals surface area contributed by atoms with Crippen molar-refractivity contribution in [2.75, 3.05) is 31.4 Å². The van der Waals surface area contributed by atoms with E-state index in [1.54, 1.807) is 0 Å². The van der Waals surface area contributed by atoms with Gasteiger partial charge in [0.2, 0.25) is 0 Å². The summed E-state index contributed by atoms with van der Waals surface area (Å²) in [5.74, 6) is 3.29. The van der Waals surface area contributed by atoms with E-state index in [0.29, 0.717) is 6.54 Å². The molecule has 0 aliphatic heterocycles. The molecule has 96 valence electrons. The molecule has 1 aromatic rings. The zero-order valence-corrected chi connectivity index (χ0v) is 10.1. The molecular weight excluding hydrogens is 228 g/mol. The predicted octanol–water partition coefficient (Wildman–Crippen LogP) is 1.01. The van der Waals surface area contributed by atoms with E-state index in [1.165, 1.54) is 0 Å². The minimum atomic E-state index is -0.823. The Morgan fingerprint density at radius 1 is 1.35 bits per heavy atom. The molecule has 0 radical (unpaired) electrons. The van der Waals surface area contributed by atoms with Gasteiger partial charge < -0.3 is 15.6 Å². The van der Waals surface area contributed by atoms with Crippen LogP contribution in [0, 0.1) is 11.6 Å². The zero-order valence-electron chi connectivity index (χ0n) is 10.1. The van der Waals surface area contributed by atoms with E-state index in [4.69, 9.17) is 5.84 Å². The highest BCUT2D eigenvalue weighted by atomic mass is 19.1. The highest BCUT2D eigenvalue weighted by molar-refractivity contribution is 5.47. The summed E-state index contributed by atoms with van der Waals surface area (Å²) in [6, 6.07) is 0.718. The number of nitrogen functional groups attached to an aromatic ring is 1. The molecule has 1 rings (SSSR count). The van der Waals surface area contributed by atoms with E-state index in [-0.39, 0.29) is 17.7 Å². The van der Waals surface area contributed by atoms with Gasteiger partial charge in [-0.05, 0) is 21.0 Å². The molecule has 0 bridgehead atoms. The Kier molecular flexibility index (Phi) is 4.59. The van der Waals surface area contributed by atoms with Crippen molar-refractivity contribution in [3.63, 3.8) is 0 Å². The summed E-state index contributed by atoms with van der Waals surface area (Å²) in [6.07, 6.45) is 0. The van der Waals surface area contributed by atoms with E-state index in [9.17, 15) is 8.78 Å². The van der Waals surface area contributed by atoms with Crippen LogP contribution in [0.3, 0.4) is 0 Å². The second kappa shape index (κ2) is 5.74. The fraction of sp³-hybridized carbons (Fsp3) is 0.500. The van der Waals surface area contributed by atoms with Gasteiger partial charge in [0.1, 0.15) is 0 Å². The first-order valence-electron chi connectivity index (χ1n) is 5.18. The van der Waals surface area contributed by atoms with Crippen molar-refractivity contribution >= 4 is 11.6 Å². The monoisotopic (exact) mass is 245 g/mol. The lowest BCUT2D eigenvalue weighted by molar-refractivity contribution is 0.391. The molecule has 1 atom stereocenters. The van der Waals surface area contributed by atoms with Crippen LogP contribution in [0.5, 0.6) is 0 Å². The summed E-state index contributed by atoms with van der Waals surface area (Å²) in [6.45, 7) is 2.57. The Bertz CT molecular complexity index is 383. The second-order valence-electron chi connectivity index (χ2n) is 4.10. The van der Waals surface area contributed by atoms with Gasteiger partial charge in [0.05, 0.1) is 0 Å². The van der Waals surface area contributed by atoms with Gasteiger partial charge in [0.25, 0.3) is 0 Å². The van der Waals surface area contributed by atoms with Crippen molar-refractivity contribution in [1.29, 1.82) is 0 Å². The van der Waals surface area contributed by atoms with E-state index >= 15 is 0 Å². The Morgan fingerprint density at radius 3 is 2.47 bits per heavy atom. The maximum absolute atomic E-state index is 13.4. The molecule has 0 spiro atoms. The lowest BCUT2D eigenvalue weighted by Gasteiger charge is -2.19. The summed E-state index contributed by atoms with van der Waals surface area (Å²) in [4.78, 5) is 5.67. The van der Waals surface area contributed by atoms with Crippen LogP contribution in [-0.2, 0) is 0 Å². The number of nitrogens with zero attached hydrogens (tertiary/aromatic N) is 2. The summed E-state index contributed by atoms with van der Waals surface area (Å²) in [5, 5.41) is 2.85. The van der Waals surface area contributed by atoms with E-state index in [1.807, 2.05) is 25.9 Å². The number of nitrogens with one attached hydrogen (secondary N) is 2. The molecule has 1 aromatic heterocycles. The Balaban J connectivity index is 2.83. The minimum absolute atomic E-state index is 0.0197. The van der Waals surface area contributed by atoms with Gasteiger partial charge in [-0.15, -0.1) is 0 Å². The quantitative estimate of drug-likeness (QED) is 0.533. The van der Waals surface area contributed by atoms with Gasteiger partial charge in [-0.2, -0.15) is 0 Å². The molecule has 0 fully saturated rings. The minimum Gasteiger partial charge on any atom is -0.364 e. The number of nitrogens with two attached hydrogens (primary N) is 1. The summed E-state index contributed by atoms with van der Waals surface area (Å²) in [5.41, 5.74) is 2.07. The molecule has 4 N–H and O–H groups in total. The average molecular weight is 245 g/mol. The van der Waals surface area contributed by atoms with Crippen LogP contribution in [-0.4, -0.2) is 36.6 Å². The van der Waals surface area contributed by atoms with Crippen molar-refractivity contribution in [3.8, 4) is 0 Å². The van der Waals surface area contributed by atoms with Crippen LogP contribution in [0.15, 0.2) is 6.07 Å². The molecule has 17 heavy (non-hydrogen) atoms. The van der Waals surface area contributed by atoms with E-state index in [2.05, 4.69) is 15.7 Å². The summed E-state index contributed by atoms with van der Waals surface area (Å²) >= 11 is 0. The number of pyridine rings is 1. The first-order valence-corrected chi connectivity index (χ1v) is 5.18. The molecule has 1 unspecified atom stereocenters. The molecule has 0 aliphatic carbocycles. The third kappa shape index (κ3) is 3.79. The number of hydrogen-bond donors (Lipinski definition) is 3. The fourth-order valence-corrected chi connectivity index (χ4v) is 1.50. The van der Waals surface area contributed by atoms with Gasteiger partial charge in [0.15, 0.2) is 23.3 Å². The molecule has 0 saturated heterocycles. The Labute approximate surface area is 99.0 Å². The first-order chi connectivity index (χ1) is 7.93. The largest absolute Gasteiger partial charge is 0.364 e. The van der Waals surface area contributed by atoms with Crippen molar-refractivity contribution < 1.29 is 8.78 Å². The normalized spacial score (nSPS) is 12.6. The number of aromatic nitrogens is 1. The summed E-state index contributed by atoms with van der Waals surface area (Å²) < 4.78 is 26.5. The number of hydrazine groups is 1. The fourth-order valence-electron chi connectivity index (χ4n) is 1.50. The van der Waals surface area contributed by atoms with Crippen molar-refractivity contribution in [3.05, 3.63) is 17.7 Å². The smallest absolute Gasteiger partial charge is 0.178 e. The lowest BCUT2D eigenvalue weighted by Crippen LogP contribution is -2.30. The highest BCUT2D eigenvalue weighted by Crippen LogP contribution is 2.18. The van der Waals surface area contributed by atoms with E-state index < -0.39 is 11.6 Å². The van der Waals surface area contributed by atoms with Crippen molar-refractivity contribution in [1.82, 2.24) is 9.88 Å². The maximum atomic E-state index is 13.4. The predicted molar refractivity (Wildman–Crippen MR) is 63.6 cm³/mol. The first kappa shape index (κ1) is 13.6. The van der Waals surface area contributed by atoms with Crippen LogP contribution in [0.4, 0.5) is 20.4 Å². The maximum Gasteiger partial charge on any atom is 0.178 e. The molecule has 0 saturated carbocycles. The molecule has 0 aliphatic rings. The van der Waals surface area contributed by atoms with Gasteiger partial charge >= 0.3 is 0 Å². The average Bonchev–Trinajstić information content (AvgIpc) is 2.20. The van der Waals surface area contributed by atoms with Gasteiger partial charge in [0, 0.05) is 18.7 Å². The Hall–Kier alpha value is -1.47. The number of rotatable bonds is 5. The number of hydrogen-bond acceptors (Lipinski definition) is 5. The van der Waals surface area contributed by atoms with Crippen molar-refractivity contribution in [2.45, 2.75) is 13.0 Å². The molecule has 0 amide bonds. The van der Waals surface area contributed by atoms with Gasteiger partial charge in [-0.1, -0.05) is 0 Å². The molecule has 7 heteroatoms. The highest BCUT2D eigenvalue weighted by Gasteiger charge is 2.13. The van der Waals surface area contributed by atoms with Gasteiger partial charge in [-0.25, -0.2) is 19.6 Å². The SMILES string of the molecule is CC(CN(C)C)Nc1nc(NN)c(F)cc1F. The topological polar surface area (TPSA) is 66.2 Å². The van der Waals surface area contributed by atoms with Crippen LogP contribution < -0.4 is 16.6 Å². The second-order valence-corrected chi connectivity index (χ2v) is 4.10. The Morgan fingerprint density at radius 2 is 1.94 bits per heavy atom. The number of anilines is 2.